The van der Waals surface area contributed by atoms with Crippen LogP contribution in [0, 0.1) is 0 Å². The topological polar surface area (TPSA) is 38.7 Å². The van der Waals surface area contributed by atoms with E-state index in [4.69, 9.17) is 15.0 Å². The summed E-state index contributed by atoms with van der Waals surface area (Å²) in [5.41, 5.74) is 7.36. The number of fused-ring (bicyclic) bond motifs is 3. The molecule has 0 radical (unpaired) electrons. The summed E-state index contributed by atoms with van der Waals surface area (Å²) in [7, 11) is 0. The summed E-state index contributed by atoms with van der Waals surface area (Å²) in [6, 6.07) is 25.2. The van der Waals surface area contributed by atoms with Gasteiger partial charge in [-0.2, -0.15) is 0 Å². The van der Waals surface area contributed by atoms with Crippen molar-refractivity contribution in [1.82, 2.24) is 15.0 Å². The number of nitrogens with zero attached hydrogens (tertiary/aromatic N) is 3. The Hall–Kier alpha value is -3.33. The van der Waals surface area contributed by atoms with Gasteiger partial charge in [-0.1, -0.05) is 86.6 Å². The van der Waals surface area contributed by atoms with Crippen molar-refractivity contribution < 1.29 is 0 Å². The first-order valence-corrected chi connectivity index (χ1v) is 9.72. The van der Waals surface area contributed by atoms with E-state index in [1.165, 1.54) is 22.3 Å². The Bertz CT molecular complexity index is 1160. The lowest BCUT2D eigenvalue weighted by Crippen LogP contribution is -2.05. The Morgan fingerprint density at radius 2 is 1.32 bits per heavy atom. The first-order valence-electron chi connectivity index (χ1n) is 9.72. The van der Waals surface area contributed by atoms with Gasteiger partial charge in [0.15, 0.2) is 11.6 Å². The maximum absolute atomic E-state index is 4.88. The Kier molecular flexibility index (Phi) is 4.01. The molecular weight excluding hydrogens is 342 g/mol. The normalized spacial score (nSPS) is 12.1. The second-order valence-corrected chi connectivity index (χ2v) is 7.54. The maximum Gasteiger partial charge on any atom is 0.164 e. The molecule has 0 unspecified atom stereocenters. The summed E-state index contributed by atoms with van der Waals surface area (Å²) in [6.07, 6.45) is 0.965. The molecule has 0 amide bonds. The van der Waals surface area contributed by atoms with Crippen LogP contribution in [0.3, 0.4) is 0 Å². The molecule has 0 aliphatic heterocycles. The lowest BCUT2D eigenvalue weighted by atomic mass is 9.99. The van der Waals surface area contributed by atoms with Gasteiger partial charge in [0, 0.05) is 17.0 Å². The Morgan fingerprint density at radius 1 is 0.643 bits per heavy atom. The number of hydrogen-bond acceptors (Lipinski definition) is 3. The fourth-order valence-electron chi connectivity index (χ4n) is 3.86. The number of aromatic nitrogens is 3. The summed E-state index contributed by atoms with van der Waals surface area (Å²) >= 11 is 0. The minimum Gasteiger partial charge on any atom is -0.213 e. The van der Waals surface area contributed by atoms with Gasteiger partial charge < -0.3 is 0 Å². The SMILES string of the molecule is CC(C)c1nc(-c2ccccc2)nc(-c2cccc3c2-c2ccccc2C3)n1. The van der Waals surface area contributed by atoms with E-state index in [9.17, 15) is 0 Å². The molecule has 3 heteroatoms. The molecule has 0 N–H and O–H groups in total. The maximum atomic E-state index is 4.88. The molecule has 28 heavy (non-hydrogen) atoms. The second-order valence-electron chi connectivity index (χ2n) is 7.54. The summed E-state index contributed by atoms with van der Waals surface area (Å²) in [5.74, 6) is 2.55. The second kappa shape index (κ2) is 6.68. The van der Waals surface area contributed by atoms with E-state index in [-0.39, 0.29) is 5.92 Å². The van der Waals surface area contributed by atoms with E-state index in [2.05, 4.69) is 56.3 Å². The van der Waals surface area contributed by atoms with Crippen molar-refractivity contribution in [2.24, 2.45) is 0 Å². The van der Waals surface area contributed by atoms with Gasteiger partial charge in [0.1, 0.15) is 5.82 Å². The van der Waals surface area contributed by atoms with E-state index in [1.807, 2.05) is 30.3 Å². The smallest absolute Gasteiger partial charge is 0.164 e. The molecule has 0 spiro atoms. The predicted molar refractivity (Wildman–Crippen MR) is 113 cm³/mol. The van der Waals surface area contributed by atoms with E-state index < -0.39 is 0 Å². The van der Waals surface area contributed by atoms with Crippen LogP contribution in [0.1, 0.15) is 36.7 Å². The molecule has 3 aromatic carbocycles. The zero-order chi connectivity index (χ0) is 19.1. The van der Waals surface area contributed by atoms with Gasteiger partial charge in [-0.05, 0) is 28.7 Å². The molecule has 1 aliphatic rings. The van der Waals surface area contributed by atoms with Gasteiger partial charge in [-0.15, -0.1) is 0 Å². The van der Waals surface area contributed by atoms with Gasteiger partial charge in [0.2, 0.25) is 0 Å². The lowest BCUT2D eigenvalue weighted by molar-refractivity contribution is 0.766. The number of benzene rings is 3. The quantitative estimate of drug-likeness (QED) is 0.400. The highest BCUT2D eigenvalue weighted by atomic mass is 15.0. The molecule has 0 saturated carbocycles. The highest BCUT2D eigenvalue weighted by molar-refractivity contribution is 5.88. The highest BCUT2D eigenvalue weighted by Gasteiger charge is 2.23. The van der Waals surface area contributed by atoms with Crippen molar-refractivity contribution in [3.8, 4) is 33.9 Å². The van der Waals surface area contributed by atoms with E-state index >= 15 is 0 Å². The Balaban J connectivity index is 1.74. The monoisotopic (exact) mass is 363 g/mol. The van der Waals surface area contributed by atoms with Crippen LogP contribution in [0.15, 0.2) is 72.8 Å². The van der Waals surface area contributed by atoms with Gasteiger partial charge in [-0.3, -0.25) is 0 Å². The predicted octanol–water partition coefficient (Wildman–Crippen LogP) is 5.90. The summed E-state index contributed by atoms with van der Waals surface area (Å²) < 4.78 is 0. The summed E-state index contributed by atoms with van der Waals surface area (Å²) in [5, 5.41) is 0. The van der Waals surface area contributed by atoms with Crippen LogP contribution in [-0.2, 0) is 6.42 Å². The van der Waals surface area contributed by atoms with Crippen LogP contribution in [0.4, 0.5) is 0 Å². The molecule has 0 atom stereocenters. The van der Waals surface area contributed by atoms with Crippen molar-refractivity contribution in [1.29, 1.82) is 0 Å². The van der Waals surface area contributed by atoms with E-state index in [0.29, 0.717) is 0 Å². The van der Waals surface area contributed by atoms with Gasteiger partial charge in [0.25, 0.3) is 0 Å². The third-order valence-corrected chi connectivity index (χ3v) is 5.26. The molecule has 0 saturated heterocycles. The molecule has 1 aromatic heterocycles. The zero-order valence-corrected chi connectivity index (χ0v) is 16.1. The van der Waals surface area contributed by atoms with Gasteiger partial charge in [-0.25, -0.2) is 15.0 Å². The minimum atomic E-state index is 0.230. The Morgan fingerprint density at radius 3 is 2.14 bits per heavy atom. The minimum absolute atomic E-state index is 0.230. The first kappa shape index (κ1) is 16.8. The number of hydrogen-bond donors (Lipinski definition) is 0. The van der Waals surface area contributed by atoms with Crippen LogP contribution in [0.25, 0.3) is 33.9 Å². The van der Waals surface area contributed by atoms with E-state index in [0.717, 1.165) is 35.0 Å². The van der Waals surface area contributed by atoms with Crippen molar-refractivity contribution in [2.45, 2.75) is 26.2 Å². The fraction of sp³-hybridized carbons (Fsp3) is 0.160. The number of rotatable bonds is 3. The lowest BCUT2D eigenvalue weighted by Gasteiger charge is -2.13. The molecule has 1 aliphatic carbocycles. The molecule has 0 fully saturated rings. The molecular formula is C25H21N3. The van der Waals surface area contributed by atoms with Crippen LogP contribution in [0.5, 0.6) is 0 Å². The third-order valence-electron chi connectivity index (χ3n) is 5.26. The van der Waals surface area contributed by atoms with Gasteiger partial charge >= 0.3 is 0 Å². The largest absolute Gasteiger partial charge is 0.213 e. The van der Waals surface area contributed by atoms with Crippen molar-refractivity contribution >= 4 is 0 Å². The molecule has 4 aromatic rings. The fourth-order valence-corrected chi connectivity index (χ4v) is 3.86. The third kappa shape index (κ3) is 2.80. The van der Waals surface area contributed by atoms with Crippen molar-refractivity contribution in [2.75, 3.05) is 0 Å². The molecule has 3 nitrogen and oxygen atoms in total. The van der Waals surface area contributed by atoms with Crippen molar-refractivity contribution in [3.05, 3.63) is 89.7 Å². The zero-order valence-electron chi connectivity index (χ0n) is 16.1. The average Bonchev–Trinajstić information content (AvgIpc) is 3.13. The molecule has 136 valence electrons. The highest BCUT2D eigenvalue weighted by Crippen LogP contribution is 2.42. The van der Waals surface area contributed by atoms with Crippen molar-refractivity contribution in [3.63, 3.8) is 0 Å². The summed E-state index contributed by atoms with van der Waals surface area (Å²) in [4.78, 5) is 14.5. The standard InChI is InChI=1S/C25H21N3/c1-16(2)23-26-24(17-9-4-3-5-10-17)28-25(27-23)21-14-8-12-19-15-18-11-6-7-13-20(18)22(19)21/h3-14,16H,15H2,1-2H3. The first-order chi connectivity index (χ1) is 13.7. The molecule has 1 heterocycles. The summed E-state index contributed by atoms with van der Waals surface area (Å²) in [6.45, 7) is 4.25. The average molecular weight is 363 g/mol. The van der Waals surface area contributed by atoms with Crippen LogP contribution < -0.4 is 0 Å². The molecule has 0 bridgehead atoms. The molecule has 5 rings (SSSR count). The van der Waals surface area contributed by atoms with Crippen LogP contribution in [-0.4, -0.2) is 15.0 Å². The van der Waals surface area contributed by atoms with E-state index in [1.54, 1.807) is 0 Å². The van der Waals surface area contributed by atoms with Crippen LogP contribution >= 0.6 is 0 Å². The van der Waals surface area contributed by atoms with Crippen LogP contribution in [0.2, 0.25) is 0 Å². The van der Waals surface area contributed by atoms with Gasteiger partial charge in [0.05, 0.1) is 0 Å². The Labute approximate surface area is 165 Å².